The number of nitrogens with zero attached hydrogens (tertiary/aromatic N) is 1. The molecule has 0 radical (unpaired) electrons. The molecule has 0 heterocycles. The first-order valence-electron chi connectivity index (χ1n) is 8.24. The summed E-state index contributed by atoms with van der Waals surface area (Å²) in [6.45, 7) is 7.58. The average molecular weight is 353 g/mol. The van der Waals surface area contributed by atoms with Gasteiger partial charge in [0.05, 0.1) is 0 Å². The fourth-order valence-electron chi connectivity index (χ4n) is 3.14. The second kappa shape index (κ2) is 8.30. The van der Waals surface area contributed by atoms with Gasteiger partial charge in [-0.1, -0.05) is 54.8 Å². The first-order chi connectivity index (χ1) is 10.0. The molecule has 1 saturated carbocycles. The van der Waals surface area contributed by atoms with E-state index in [2.05, 4.69) is 65.2 Å². The molecule has 0 bridgehead atoms. The maximum atomic E-state index is 3.74. The molecule has 3 heteroatoms. The number of hydrogen-bond donors (Lipinski definition) is 1. The smallest absolute Gasteiger partial charge is 0.0242 e. The summed E-state index contributed by atoms with van der Waals surface area (Å²) in [6.07, 6.45) is 5.70. The minimum Gasteiger partial charge on any atom is -0.310 e. The van der Waals surface area contributed by atoms with Gasteiger partial charge >= 0.3 is 0 Å². The van der Waals surface area contributed by atoms with Crippen molar-refractivity contribution < 1.29 is 0 Å². The molecule has 1 aliphatic carbocycles. The minimum atomic E-state index is 0.529. The van der Waals surface area contributed by atoms with Crippen molar-refractivity contribution in [2.45, 2.75) is 58.7 Å². The van der Waals surface area contributed by atoms with Crippen molar-refractivity contribution in [2.24, 2.45) is 5.92 Å². The molecule has 0 atom stereocenters. The first-order valence-corrected chi connectivity index (χ1v) is 9.03. The lowest BCUT2D eigenvalue weighted by Gasteiger charge is -2.21. The molecular formula is C18H29BrN2. The lowest BCUT2D eigenvalue weighted by Crippen LogP contribution is -2.24. The van der Waals surface area contributed by atoms with Gasteiger partial charge in [0.1, 0.15) is 0 Å². The van der Waals surface area contributed by atoms with Crippen LogP contribution in [0.4, 0.5) is 0 Å². The van der Waals surface area contributed by atoms with E-state index >= 15 is 0 Å². The summed E-state index contributed by atoms with van der Waals surface area (Å²) >= 11 is 3.74. The van der Waals surface area contributed by atoms with E-state index in [0.717, 1.165) is 19.0 Å². The van der Waals surface area contributed by atoms with Gasteiger partial charge in [-0.25, -0.2) is 0 Å². The largest absolute Gasteiger partial charge is 0.310 e. The molecular weight excluding hydrogens is 324 g/mol. The van der Waals surface area contributed by atoms with Crippen molar-refractivity contribution in [3.63, 3.8) is 0 Å². The fraction of sp³-hybridized carbons (Fsp3) is 0.667. The van der Waals surface area contributed by atoms with Crippen LogP contribution in [-0.4, -0.2) is 24.5 Å². The molecule has 0 amide bonds. The third-order valence-corrected chi connectivity index (χ3v) is 5.05. The zero-order valence-electron chi connectivity index (χ0n) is 13.7. The predicted molar refractivity (Wildman–Crippen MR) is 94.4 cm³/mol. The molecule has 1 N–H and O–H groups in total. The normalized spacial score (nSPS) is 16.3. The van der Waals surface area contributed by atoms with Gasteiger partial charge in [-0.2, -0.15) is 0 Å². The zero-order valence-corrected chi connectivity index (χ0v) is 15.2. The van der Waals surface area contributed by atoms with E-state index in [9.17, 15) is 0 Å². The Labute approximate surface area is 138 Å². The molecule has 1 aliphatic rings. The van der Waals surface area contributed by atoms with Gasteiger partial charge in [-0.3, -0.25) is 0 Å². The number of halogens is 1. The quantitative estimate of drug-likeness (QED) is 0.773. The molecule has 0 aromatic heterocycles. The van der Waals surface area contributed by atoms with Gasteiger partial charge in [0, 0.05) is 30.1 Å². The number of nitrogens with one attached hydrogen (secondary N) is 1. The highest BCUT2D eigenvalue weighted by molar-refractivity contribution is 9.10. The Hall–Kier alpha value is -0.380. The highest BCUT2D eigenvalue weighted by Gasteiger charge is 2.17. The van der Waals surface area contributed by atoms with Gasteiger partial charge in [0.2, 0.25) is 0 Å². The van der Waals surface area contributed by atoms with Crippen molar-refractivity contribution in [1.82, 2.24) is 10.2 Å². The van der Waals surface area contributed by atoms with Crippen LogP contribution in [0.2, 0.25) is 0 Å². The van der Waals surface area contributed by atoms with Crippen LogP contribution in [0.5, 0.6) is 0 Å². The van der Waals surface area contributed by atoms with Crippen molar-refractivity contribution in [2.75, 3.05) is 13.6 Å². The summed E-state index contributed by atoms with van der Waals surface area (Å²) in [6, 6.07) is 7.31. The fourth-order valence-corrected chi connectivity index (χ4v) is 3.69. The van der Waals surface area contributed by atoms with E-state index in [1.807, 2.05) is 0 Å². The topological polar surface area (TPSA) is 15.3 Å². The Bertz CT molecular complexity index is 439. The lowest BCUT2D eigenvalue weighted by atomic mass is 10.1. The summed E-state index contributed by atoms with van der Waals surface area (Å²) < 4.78 is 1.24. The summed E-state index contributed by atoms with van der Waals surface area (Å²) in [5.41, 5.74) is 2.74. The number of benzene rings is 1. The van der Waals surface area contributed by atoms with E-state index in [1.165, 1.54) is 47.8 Å². The molecule has 0 spiro atoms. The molecule has 118 valence electrons. The molecule has 2 rings (SSSR count). The van der Waals surface area contributed by atoms with Crippen LogP contribution < -0.4 is 5.32 Å². The van der Waals surface area contributed by atoms with Crippen LogP contribution in [0.25, 0.3) is 0 Å². The maximum Gasteiger partial charge on any atom is 0.0242 e. The standard InChI is InChI=1S/C18H29BrN2/c1-14(2)20-11-16-8-9-17(18(19)10-16)13-21(3)12-15-6-4-5-7-15/h8-10,14-15,20H,4-7,11-13H2,1-3H3. The SMILES string of the molecule is CC(C)NCc1ccc(CN(C)CC2CCCC2)c(Br)c1. The number of rotatable bonds is 7. The second-order valence-corrected chi connectivity index (χ2v) is 7.66. The lowest BCUT2D eigenvalue weighted by molar-refractivity contribution is 0.271. The first kappa shape index (κ1) is 17.0. The zero-order chi connectivity index (χ0) is 15.2. The van der Waals surface area contributed by atoms with Crippen molar-refractivity contribution in [1.29, 1.82) is 0 Å². The molecule has 0 unspecified atom stereocenters. The molecule has 0 aliphatic heterocycles. The molecule has 1 fully saturated rings. The van der Waals surface area contributed by atoms with Gasteiger partial charge < -0.3 is 10.2 Å². The Kier molecular flexibility index (Phi) is 6.72. The van der Waals surface area contributed by atoms with Gasteiger partial charge in [-0.15, -0.1) is 0 Å². The minimum absolute atomic E-state index is 0.529. The van der Waals surface area contributed by atoms with Crippen LogP contribution in [0, 0.1) is 5.92 Å². The highest BCUT2D eigenvalue weighted by atomic mass is 79.9. The van der Waals surface area contributed by atoms with Gasteiger partial charge in [0.25, 0.3) is 0 Å². The van der Waals surface area contributed by atoms with Crippen LogP contribution in [-0.2, 0) is 13.1 Å². The second-order valence-electron chi connectivity index (χ2n) is 6.81. The molecule has 1 aromatic carbocycles. The third kappa shape index (κ3) is 5.72. The number of hydrogen-bond acceptors (Lipinski definition) is 2. The Balaban J connectivity index is 1.87. The van der Waals surface area contributed by atoms with Crippen LogP contribution in [0.3, 0.4) is 0 Å². The summed E-state index contributed by atoms with van der Waals surface area (Å²) in [5.74, 6) is 0.920. The van der Waals surface area contributed by atoms with Crippen molar-refractivity contribution in [3.05, 3.63) is 33.8 Å². The summed E-state index contributed by atoms with van der Waals surface area (Å²) in [4.78, 5) is 2.47. The van der Waals surface area contributed by atoms with Crippen LogP contribution in [0.15, 0.2) is 22.7 Å². The van der Waals surface area contributed by atoms with E-state index in [4.69, 9.17) is 0 Å². The average Bonchev–Trinajstić information content (AvgIpc) is 2.92. The van der Waals surface area contributed by atoms with E-state index < -0.39 is 0 Å². The van der Waals surface area contributed by atoms with Crippen LogP contribution >= 0.6 is 15.9 Å². The Morgan fingerprint density at radius 3 is 2.62 bits per heavy atom. The van der Waals surface area contributed by atoms with E-state index in [-0.39, 0.29) is 0 Å². The molecule has 21 heavy (non-hydrogen) atoms. The summed E-state index contributed by atoms with van der Waals surface area (Å²) in [5, 5.41) is 3.47. The van der Waals surface area contributed by atoms with Crippen molar-refractivity contribution in [3.8, 4) is 0 Å². The highest BCUT2D eigenvalue weighted by Crippen LogP contribution is 2.26. The Morgan fingerprint density at radius 1 is 1.29 bits per heavy atom. The summed E-state index contributed by atoms with van der Waals surface area (Å²) in [7, 11) is 2.25. The van der Waals surface area contributed by atoms with Crippen LogP contribution in [0.1, 0.15) is 50.7 Å². The van der Waals surface area contributed by atoms with E-state index in [0.29, 0.717) is 6.04 Å². The molecule has 2 nitrogen and oxygen atoms in total. The van der Waals surface area contributed by atoms with E-state index in [1.54, 1.807) is 0 Å². The van der Waals surface area contributed by atoms with Gasteiger partial charge in [0.15, 0.2) is 0 Å². The monoisotopic (exact) mass is 352 g/mol. The van der Waals surface area contributed by atoms with Crippen molar-refractivity contribution >= 4 is 15.9 Å². The maximum absolute atomic E-state index is 3.74. The molecule has 0 saturated heterocycles. The predicted octanol–water partition coefficient (Wildman–Crippen LogP) is 4.57. The Morgan fingerprint density at radius 2 is 2.00 bits per heavy atom. The van der Waals surface area contributed by atoms with Gasteiger partial charge in [-0.05, 0) is 43.0 Å². The third-order valence-electron chi connectivity index (χ3n) is 4.32. The molecule has 1 aromatic rings.